The van der Waals surface area contributed by atoms with E-state index in [1.807, 2.05) is 54.6 Å². The number of alkyl halides is 6. The Hall–Kier alpha value is -4.01. The van der Waals surface area contributed by atoms with Crippen LogP contribution in [0.2, 0.25) is 0 Å². The number of nitrogens with zero attached hydrogens (tertiary/aromatic N) is 1. The molecule has 11 nitrogen and oxygen atoms in total. The molecule has 3 aromatic carbocycles. The highest BCUT2D eigenvalue weighted by Crippen LogP contribution is 2.65. The summed E-state index contributed by atoms with van der Waals surface area (Å²) in [6, 6.07) is 26.3. The van der Waals surface area contributed by atoms with Gasteiger partial charge in [-0.3, -0.25) is 9.59 Å². The summed E-state index contributed by atoms with van der Waals surface area (Å²) in [5.74, 6) is 6.85. The fourth-order valence-corrected chi connectivity index (χ4v) is 17.1. The largest absolute Gasteiger partial charge is 0.480 e. The summed E-state index contributed by atoms with van der Waals surface area (Å²) in [5, 5.41) is 0. The number of hydrogen-bond donors (Lipinski definition) is 0. The minimum absolute atomic E-state index is 0.0921. The molecule has 11 rings (SSSR count). The van der Waals surface area contributed by atoms with Crippen LogP contribution in [0.1, 0.15) is 90.9 Å². The summed E-state index contributed by atoms with van der Waals surface area (Å²) in [5.41, 5.74) is -12.2. The van der Waals surface area contributed by atoms with Gasteiger partial charge in [0.2, 0.25) is 23.4 Å². The molecule has 8 bridgehead atoms. The minimum Gasteiger partial charge on any atom is -0.452 e. The van der Waals surface area contributed by atoms with Gasteiger partial charge in [-0.15, -0.1) is 0 Å². The van der Waals surface area contributed by atoms with Gasteiger partial charge in [-0.2, -0.15) is 26.3 Å². The lowest BCUT2D eigenvalue weighted by molar-refractivity contribution is -0.165. The van der Waals surface area contributed by atoms with Crippen LogP contribution in [0.4, 0.5) is 26.3 Å². The van der Waals surface area contributed by atoms with Crippen molar-refractivity contribution >= 4 is 42.9 Å². The van der Waals surface area contributed by atoms with Crippen molar-refractivity contribution in [2.75, 3.05) is 13.6 Å². The van der Waals surface area contributed by atoms with Gasteiger partial charge in [0.15, 0.2) is 36.4 Å². The zero-order valence-electron chi connectivity index (χ0n) is 37.5. The lowest BCUT2D eigenvalue weighted by atomic mass is 9.45. The third-order valence-electron chi connectivity index (χ3n) is 15.8. The normalized spacial score (nSPS) is 30.8. The second kappa shape index (κ2) is 19.3. The third kappa shape index (κ3) is 10.5. The highest BCUT2D eigenvalue weighted by atomic mass is 32.3. The third-order valence-corrected chi connectivity index (χ3v) is 20.8. The zero-order valence-corrected chi connectivity index (χ0v) is 40.0. The minimum atomic E-state index is -6.72. The van der Waals surface area contributed by atoms with Crippen LogP contribution in [0.5, 0.6) is 11.5 Å². The predicted octanol–water partition coefficient (Wildman–Crippen LogP) is 11.3. The molecule has 68 heavy (non-hydrogen) atoms. The van der Waals surface area contributed by atoms with Crippen molar-refractivity contribution in [3.05, 3.63) is 83.0 Å². The lowest BCUT2D eigenvalue weighted by Crippen LogP contribution is -2.52. The molecule has 8 saturated carbocycles. The monoisotopic (exact) mass is 1020 g/mol. The van der Waals surface area contributed by atoms with E-state index in [4.69, 9.17) is 18.9 Å². The number of rotatable bonds is 15. The Balaban J connectivity index is 0.000000361. The summed E-state index contributed by atoms with van der Waals surface area (Å²) in [7, 11) is -14.1. The first kappa shape index (κ1) is 50.4. The van der Waals surface area contributed by atoms with E-state index >= 15 is 0 Å². The molecule has 0 aromatic heterocycles. The molecule has 0 radical (unpaired) electrons. The number of benzene rings is 3. The van der Waals surface area contributed by atoms with E-state index < -0.39 is 42.0 Å². The Morgan fingerprint density at radius 1 is 0.574 bits per heavy atom. The molecule has 0 heterocycles. The quantitative estimate of drug-likeness (QED) is 0.0622. The maximum absolute atomic E-state index is 13.4. The van der Waals surface area contributed by atoms with Gasteiger partial charge in [0.05, 0.1) is 12.8 Å². The fraction of sp³-hybridized carbons (Fsp3) is 0.583. The number of halogens is 6. The topological polar surface area (TPSA) is 153 Å². The van der Waals surface area contributed by atoms with E-state index in [9.17, 15) is 52.8 Å². The summed E-state index contributed by atoms with van der Waals surface area (Å²) >= 11 is 0. The molecule has 6 atom stereocenters. The molecule has 3 aromatic rings. The Kier molecular flexibility index (Phi) is 14.3. The first-order chi connectivity index (χ1) is 32.0. The van der Waals surface area contributed by atoms with Crippen LogP contribution in [0.15, 0.2) is 93.5 Å². The van der Waals surface area contributed by atoms with Crippen LogP contribution in [0, 0.1) is 58.2 Å². The number of esters is 2. The van der Waals surface area contributed by atoms with Crippen LogP contribution in [-0.2, 0) is 50.0 Å². The van der Waals surface area contributed by atoms with E-state index in [0.717, 1.165) is 54.3 Å². The van der Waals surface area contributed by atoms with E-state index in [2.05, 4.69) is 38.1 Å². The van der Waals surface area contributed by atoms with E-state index in [0.29, 0.717) is 36.2 Å². The Morgan fingerprint density at radius 2 is 0.926 bits per heavy atom. The van der Waals surface area contributed by atoms with E-state index in [1.54, 1.807) is 0 Å². The number of para-hydroxylation sites is 2. The summed E-state index contributed by atoms with van der Waals surface area (Å²) in [6.45, 7) is 4.50. The number of sulfonamides is 2. The van der Waals surface area contributed by atoms with Crippen molar-refractivity contribution in [2.24, 2.45) is 58.2 Å². The fourth-order valence-electron chi connectivity index (χ4n) is 13.1. The van der Waals surface area contributed by atoms with E-state index in [1.165, 1.54) is 64.2 Å². The SMILES string of the molecule is CC1C2CC3CC(C2)CC1(CC(=O)OCOc1ccccc1[S+](c1ccccc1)c1ccccc1OCOC(=O)CC12CC4CC(CC(C4)C1C)C2)C3.O=S(=O)([N-]S(=O)(=O)C(F)(F)F)C(F)(F)F. The van der Waals surface area contributed by atoms with Crippen LogP contribution < -0.4 is 9.47 Å². The zero-order chi connectivity index (χ0) is 48.9. The number of carbonyl (C=O) groups is 2. The second-order valence-corrected chi connectivity index (χ2v) is 25.2. The first-order valence-corrected chi connectivity index (χ1v) is 27.0. The summed E-state index contributed by atoms with van der Waals surface area (Å²) < 4.78 is 133. The highest BCUT2D eigenvalue weighted by Gasteiger charge is 2.57. The van der Waals surface area contributed by atoms with Crippen LogP contribution >= 0.6 is 0 Å². The Morgan fingerprint density at radius 3 is 1.29 bits per heavy atom. The van der Waals surface area contributed by atoms with Crippen molar-refractivity contribution in [1.82, 2.24) is 0 Å². The van der Waals surface area contributed by atoms with Gasteiger partial charge >= 0.3 is 23.0 Å². The summed E-state index contributed by atoms with van der Waals surface area (Å²) in [4.78, 5) is 29.8. The molecule has 0 amide bonds. The molecule has 8 fully saturated rings. The van der Waals surface area contributed by atoms with Gasteiger partial charge < -0.3 is 23.1 Å². The van der Waals surface area contributed by atoms with Gasteiger partial charge in [-0.25, -0.2) is 16.8 Å². The molecule has 8 aliphatic rings. The molecule has 0 N–H and O–H groups in total. The van der Waals surface area contributed by atoms with Crippen molar-refractivity contribution in [3.8, 4) is 11.5 Å². The number of carbonyl (C=O) groups excluding carboxylic acids is 2. The molecule has 0 spiro atoms. The van der Waals surface area contributed by atoms with Crippen molar-refractivity contribution in [3.63, 3.8) is 0 Å². The number of hydrogen-bond acceptors (Lipinski definition) is 10. The molecular weight excluding hydrogens is 961 g/mol. The smallest absolute Gasteiger partial charge is 0.452 e. The average molecular weight is 1020 g/mol. The second-order valence-electron chi connectivity index (χ2n) is 19.9. The standard InChI is InChI=1S/C46H55O6S.C2F6NO4S2/c1-30-36-18-32-16-33(19-36)23-45(30,22-32)26-43(47)51-28-49-39-12-6-8-14-41(39)53(38-10-4-3-5-11-38)42-15-9-7-13-40(42)50-29-52-44(48)27-46-24-34-17-35(25-46)21-37(20-34)31(46)2;3-1(4,5)14(10,11)9-15(12,13)2(6,7)8/h3-15,30-37H,16-29H2,1-2H3;/q+1;-1. The molecule has 372 valence electrons. The molecule has 0 saturated heterocycles. The molecular formula is C48H55F6NO10S3. The van der Waals surface area contributed by atoms with Crippen LogP contribution in [0.3, 0.4) is 0 Å². The van der Waals surface area contributed by atoms with Crippen molar-refractivity contribution < 1.29 is 71.7 Å². The van der Waals surface area contributed by atoms with E-state index in [-0.39, 0.29) is 36.4 Å². The average Bonchev–Trinajstić information content (AvgIpc) is 3.25. The van der Waals surface area contributed by atoms with Crippen LogP contribution in [-0.4, -0.2) is 53.4 Å². The van der Waals surface area contributed by atoms with Gasteiger partial charge in [0.25, 0.3) is 0 Å². The molecule has 20 heteroatoms. The maximum Gasteiger partial charge on any atom is 0.480 e. The highest BCUT2D eigenvalue weighted by molar-refractivity contribution is 8.13. The predicted molar refractivity (Wildman–Crippen MR) is 238 cm³/mol. The van der Waals surface area contributed by atoms with Gasteiger partial charge in [0.1, 0.15) is 10.9 Å². The lowest BCUT2D eigenvalue weighted by Gasteiger charge is -2.60. The summed E-state index contributed by atoms with van der Waals surface area (Å²) in [6.07, 6.45) is 13.7. The first-order valence-electron chi connectivity index (χ1n) is 22.9. The van der Waals surface area contributed by atoms with Crippen molar-refractivity contribution in [1.29, 1.82) is 0 Å². The Labute approximate surface area is 395 Å². The van der Waals surface area contributed by atoms with Gasteiger partial charge in [-0.05, 0) is 159 Å². The van der Waals surface area contributed by atoms with Crippen LogP contribution in [0.25, 0.3) is 4.13 Å². The number of ether oxygens (including phenoxy) is 4. The Bertz CT molecular complexity index is 2360. The van der Waals surface area contributed by atoms with Gasteiger partial charge in [0, 0.05) is 0 Å². The molecule has 8 aliphatic carbocycles. The van der Waals surface area contributed by atoms with Gasteiger partial charge in [-0.1, -0.05) is 56.3 Å². The molecule has 0 aliphatic heterocycles. The molecule has 6 unspecified atom stereocenters. The van der Waals surface area contributed by atoms with Crippen molar-refractivity contribution in [2.45, 2.75) is 117 Å². The maximum atomic E-state index is 13.4.